The molecule has 0 amide bonds. The molecule has 1 aromatic heterocycles. The van der Waals surface area contributed by atoms with Crippen LogP contribution in [0.2, 0.25) is 0 Å². The second-order valence-electron chi connectivity index (χ2n) is 3.83. The lowest BCUT2D eigenvalue weighted by Crippen LogP contribution is -2.27. The maximum absolute atomic E-state index is 8.60. The fourth-order valence-corrected chi connectivity index (χ4v) is 1.39. The highest BCUT2D eigenvalue weighted by molar-refractivity contribution is 5.03. The summed E-state index contributed by atoms with van der Waals surface area (Å²) in [7, 11) is 2.03. The predicted octanol–water partition coefficient (Wildman–Crippen LogP) is 1.64. The Morgan fingerprint density at radius 3 is 2.93 bits per heavy atom. The number of aryl methyl sites for hydroxylation is 1. The highest BCUT2D eigenvalue weighted by Gasteiger charge is 2.09. The molecule has 0 aliphatic rings. The first kappa shape index (κ1) is 11.7. The van der Waals surface area contributed by atoms with Crippen molar-refractivity contribution in [2.45, 2.75) is 39.4 Å². The topological polar surface area (TPSA) is 44.9 Å². The first-order valence-electron chi connectivity index (χ1n) is 5.26. The van der Waals surface area contributed by atoms with Crippen molar-refractivity contribution in [2.75, 3.05) is 7.05 Å². The van der Waals surface area contributed by atoms with Crippen molar-refractivity contribution in [3.8, 4) is 6.07 Å². The number of hydrogen-bond acceptors (Lipinski definition) is 3. The molecule has 0 fully saturated rings. The minimum Gasteiger partial charge on any atom is -0.298 e. The highest BCUT2D eigenvalue weighted by Crippen LogP contribution is 2.07. The number of aromatic nitrogens is 2. The molecule has 0 radical (unpaired) electrons. The molecule has 0 aliphatic heterocycles. The third kappa shape index (κ3) is 3.37. The van der Waals surface area contributed by atoms with Crippen molar-refractivity contribution in [2.24, 2.45) is 0 Å². The van der Waals surface area contributed by atoms with E-state index in [9.17, 15) is 0 Å². The molecular formula is C11H18N4. The zero-order valence-corrected chi connectivity index (χ0v) is 9.64. The second-order valence-corrected chi connectivity index (χ2v) is 3.83. The van der Waals surface area contributed by atoms with Crippen molar-refractivity contribution < 1.29 is 0 Å². The van der Waals surface area contributed by atoms with Gasteiger partial charge in [0.25, 0.3) is 0 Å². The molecule has 0 spiro atoms. The standard InChI is InChI=1S/C11H18N4/c1-4-15-9-11(7-13-15)8-14(3)10(2)5-6-12/h7,9-10H,4-5,8H2,1-3H3. The molecule has 0 N–H and O–H groups in total. The Morgan fingerprint density at radius 1 is 1.67 bits per heavy atom. The first-order chi connectivity index (χ1) is 7.17. The van der Waals surface area contributed by atoms with Gasteiger partial charge in [-0.2, -0.15) is 10.4 Å². The van der Waals surface area contributed by atoms with Gasteiger partial charge in [-0.25, -0.2) is 0 Å². The van der Waals surface area contributed by atoms with Gasteiger partial charge in [-0.15, -0.1) is 0 Å². The van der Waals surface area contributed by atoms with Crippen LogP contribution in [0, 0.1) is 11.3 Å². The minimum atomic E-state index is 0.292. The molecular weight excluding hydrogens is 188 g/mol. The average molecular weight is 206 g/mol. The predicted molar refractivity (Wildman–Crippen MR) is 59.1 cm³/mol. The van der Waals surface area contributed by atoms with Gasteiger partial charge in [0.2, 0.25) is 0 Å². The maximum atomic E-state index is 8.60. The SMILES string of the molecule is CCn1cc(CN(C)C(C)CC#N)cn1. The molecule has 82 valence electrons. The summed E-state index contributed by atoms with van der Waals surface area (Å²) in [5.74, 6) is 0. The van der Waals surface area contributed by atoms with Crippen molar-refractivity contribution >= 4 is 0 Å². The monoisotopic (exact) mass is 206 g/mol. The third-order valence-electron chi connectivity index (χ3n) is 2.58. The van der Waals surface area contributed by atoms with Gasteiger partial charge < -0.3 is 0 Å². The minimum absolute atomic E-state index is 0.292. The van der Waals surface area contributed by atoms with Gasteiger partial charge in [0.1, 0.15) is 0 Å². The second kappa shape index (κ2) is 5.52. The van der Waals surface area contributed by atoms with Crippen molar-refractivity contribution in [1.82, 2.24) is 14.7 Å². The van der Waals surface area contributed by atoms with Crippen molar-refractivity contribution in [3.05, 3.63) is 18.0 Å². The number of rotatable bonds is 5. The van der Waals surface area contributed by atoms with E-state index in [1.165, 1.54) is 5.56 Å². The van der Waals surface area contributed by atoms with Crippen LogP contribution >= 0.6 is 0 Å². The Bertz CT molecular complexity index is 337. The Kier molecular flexibility index (Phi) is 4.32. The average Bonchev–Trinajstić information content (AvgIpc) is 2.66. The molecule has 1 heterocycles. The van der Waals surface area contributed by atoms with Gasteiger partial charge in [0, 0.05) is 30.9 Å². The molecule has 0 saturated carbocycles. The lowest BCUT2D eigenvalue weighted by molar-refractivity contribution is 0.252. The molecule has 4 heteroatoms. The lowest BCUT2D eigenvalue weighted by Gasteiger charge is -2.21. The van der Waals surface area contributed by atoms with Crippen molar-refractivity contribution in [1.29, 1.82) is 5.26 Å². The van der Waals surface area contributed by atoms with E-state index in [0.717, 1.165) is 13.1 Å². The van der Waals surface area contributed by atoms with Crippen LogP contribution in [0.15, 0.2) is 12.4 Å². The number of nitrogens with zero attached hydrogens (tertiary/aromatic N) is 4. The molecule has 1 rings (SSSR count). The quantitative estimate of drug-likeness (QED) is 0.735. The van der Waals surface area contributed by atoms with Gasteiger partial charge in [0.05, 0.1) is 18.7 Å². The van der Waals surface area contributed by atoms with E-state index in [2.05, 4.69) is 36.1 Å². The summed E-state index contributed by atoms with van der Waals surface area (Å²) < 4.78 is 1.91. The van der Waals surface area contributed by atoms with Crippen LogP contribution in [0.3, 0.4) is 0 Å². The van der Waals surface area contributed by atoms with Crippen LogP contribution in [-0.4, -0.2) is 27.8 Å². The maximum Gasteiger partial charge on any atom is 0.0638 e. The Morgan fingerprint density at radius 2 is 2.40 bits per heavy atom. The van der Waals surface area contributed by atoms with E-state index in [-0.39, 0.29) is 0 Å². The molecule has 1 atom stereocenters. The Hall–Kier alpha value is -1.34. The molecule has 15 heavy (non-hydrogen) atoms. The molecule has 0 aromatic carbocycles. The van der Waals surface area contributed by atoms with Crippen LogP contribution < -0.4 is 0 Å². The van der Waals surface area contributed by atoms with Crippen LogP contribution in [-0.2, 0) is 13.1 Å². The summed E-state index contributed by atoms with van der Waals surface area (Å²) >= 11 is 0. The van der Waals surface area contributed by atoms with Gasteiger partial charge in [-0.3, -0.25) is 9.58 Å². The summed E-state index contributed by atoms with van der Waals surface area (Å²) in [6.07, 6.45) is 4.51. The Labute approximate surface area is 91.1 Å². The van der Waals surface area contributed by atoms with Crippen LogP contribution in [0.4, 0.5) is 0 Å². The summed E-state index contributed by atoms with van der Waals surface area (Å²) in [5.41, 5.74) is 1.20. The normalized spacial score (nSPS) is 12.7. The highest BCUT2D eigenvalue weighted by atomic mass is 15.3. The first-order valence-corrected chi connectivity index (χ1v) is 5.26. The largest absolute Gasteiger partial charge is 0.298 e. The summed E-state index contributed by atoms with van der Waals surface area (Å²) in [6, 6.07) is 2.48. The molecule has 0 bridgehead atoms. The molecule has 4 nitrogen and oxygen atoms in total. The van der Waals surface area contributed by atoms with Crippen molar-refractivity contribution in [3.63, 3.8) is 0 Å². The summed E-state index contributed by atoms with van der Waals surface area (Å²) in [5, 5.41) is 12.8. The van der Waals surface area contributed by atoms with E-state index in [1.807, 2.05) is 17.9 Å². The summed E-state index contributed by atoms with van der Waals surface area (Å²) in [6.45, 7) is 5.88. The van der Waals surface area contributed by atoms with E-state index in [1.54, 1.807) is 0 Å². The molecule has 0 saturated heterocycles. The zero-order valence-electron chi connectivity index (χ0n) is 9.64. The molecule has 1 aromatic rings. The smallest absolute Gasteiger partial charge is 0.0638 e. The van der Waals surface area contributed by atoms with Crippen LogP contribution in [0.5, 0.6) is 0 Å². The van der Waals surface area contributed by atoms with Gasteiger partial charge in [-0.1, -0.05) is 0 Å². The number of hydrogen-bond donors (Lipinski definition) is 0. The van der Waals surface area contributed by atoms with E-state index in [0.29, 0.717) is 12.5 Å². The fraction of sp³-hybridized carbons (Fsp3) is 0.636. The van der Waals surface area contributed by atoms with E-state index >= 15 is 0 Å². The Balaban J connectivity index is 2.50. The van der Waals surface area contributed by atoms with Crippen LogP contribution in [0.25, 0.3) is 0 Å². The zero-order chi connectivity index (χ0) is 11.3. The lowest BCUT2D eigenvalue weighted by atomic mass is 10.2. The van der Waals surface area contributed by atoms with Crippen LogP contribution in [0.1, 0.15) is 25.8 Å². The molecule has 0 aliphatic carbocycles. The van der Waals surface area contributed by atoms with Gasteiger partial charge >= 0.3 is 0 Å². The third-order valence-corrected chi connectivity index (χ3v) is 2.58. The van der Waals surface area contributed by atoms with Gasteiger partial charge in [-0.05, 0) is 20.9 Å². The van der Waals surface area contributed by atoms with Gasteiger partial charge in [0.15, 0.2) is 0 Å². The fourth-order valence-electron chi connectivity index (χ4n) is 1.39. The van der Waals surface area contributed by atoms with E-state index in [4.69, 9.17) is 5.26 Å². The number of nitriles is 1. The summed E-state index contributed by atoms with van der Waals surface area (Å²) in [4.78, 5) is 2.17. The molecule has 1 unspecified atom stereocenters. The van der Waals surface area contributed by atoms with E-state index < -0.39 is 0 Å².